The average Bonchev–Trinajstić information content (AvgIpc) is 2.84. The Hall–Kier alpha value is -3.56. The van der Waals surface area contributed by atoms with Crippen molar-refractivity contribution in [1.82, 2.24) is 19.3 Å². The summed E-state index contributed by atoms with van der Waals surface area (Å²) in [5, 5.41) is 7.41. The summed E-state index contributed by atoms with van der Waals surface area (Å²) in [7, 11) is -3.51. The summed E-state index contributed by atoms with van der Waals surface area (Å²) in [6, 6.07) is 18.4. The van der Waals surface area contributed by atoms with Gasteiger partial charge in [0.1, 0.15) is 5.82 Å². The van der Waals surface area contributed by atoms with Crippen LogP contribution >= 0.6 is 0 Å². The molecule has 0 unspecified atom stereocenters. The van der Waals surface area contributed by atoms with Crippen LogP contribution in [0.4, 0.5) is 23.1 Å². The van der Waals surface area contributed by atoms with E-state index in [1.54, 1.807) is 42.7 Å². The molecule has 0 aliphatic carbocycles. The Morgan fingerprint density at radius 2 is 1.59 bits per heavy atom. The van der Waals surface area contributed by atoms with Gasteiger partial charge in [-0.3, -0.25) is 4.98 Å². The lowest BCUT2D eigenvalue weighted by molar-refractivity contribution is 0.410. The van der Waals surface area contributed by atoms with Crippen molar-refractivity contribution in [1.29, 1.82) is 0 Å². The number of nitrogens with zero attached hydrogens (tertiary/aromatic N) is 4. The number of rotatable bonds is 10. The second kappa shape index (κ2) is 10.6. The summed E-state index contributed by atoms with van der Waals surface area (Å²) in [5.74, 6) is 1.01. The minimum Gasteiger partial charge on any atom is -0.339 e. The maximum Gasteiger partial charge on any atom is 0.243 e. The lowest BCUT2D eigenvalue weighted by Crippen LogP contribution is -2.32. The van der Waals surface area contributed by atoms with Crippen molar-refractivity contribution in [2.45, 2.75) is 31.6 Å². The van der Waals surface area contributed by atoms with Crippen LogP contribution in [0.5, 0.6) is 0 Å². The van der Waals surface area contributed by atoms with Gasteiger partial charge in [-0.15, -0.1) is 0 Å². The van der Waals surface area contributed by atoms with E-state index >= 15 is 0 Å². The Labute approximate surface area is 200 Å². The number of benzene rings is 2. The lowest BCUT2D eigenvalue weighted by Gasteiger charge is -2.21. The Morgan fingerprint density at radius 1 is 0.853 bits per heavy atom. The van der Waals surface area contributed by atoms with Crippen LogP contribution in [-0.2, 0) is 10.0 Å². The largest absolute Gasteiger partial charge is 0.339 e. The van der Waals surface area contributed by atoms with Crippen LogP contribution in [0.3, 0.4) is 0 Å². The van der Waals surface area contributed by atoms with E-state index in [4.69, 9.17) is 0 Å². The first-order chi connectivity index (χ1) is 16.5. The molecule has 176 valence electrons. The Kier molecular flexibility index (Phi) is 7.34. The number of hydrogen-bond acceptors (Lipinski definition) is 7. The standard InChI is InChI=1S/C25H28N6O2S/c1-3-15-31(16-4-2)34(32,33)22-11-9-20(10-12-22)29-25-26-14-13-24(30-25)28-21-17-19-7-5-6-8-23(19)27-18-21/h5-14,17-18H,3-4,15-16H2,1-2H3,(H2,26,28,29,30). The van der Waals surface area contributed by atoms with E-state index in [0.717, 1.165) is 29.4 Å². The van der Waals surface area contributed by atoms with Crippen LogP contribution in [0.15, 0.2) is 78.0 Å². The van der Waals surface area contributed by atoms with Gasteiger partial charge in [0, 0.05) is 30.4 Å². The SMILES string of the molecule is CCCN(CCC)S(=O)(=O)c1ccc(Nc2nccc(Nc3cnc4ccccc4c3)n2)cc1. The zero-order valence-corrected chi connectivity index (χ0v) is 20.1. The molecule has 2 aromatic carbocycles. The predicted molar refractivity (Wildman–Crippen MR) is 136 cm³/mol. The second-order valence-electron chi connectivity index (χ2n) is 7.86. The van der Waals surface area contributed by atoms with E-state index in [0.29, 0.717) is 30.5 Å². The number of para-hydroxylation sites is 1. The maximum absolute atomic E-state index is 12.9. The van der Waals surface area contributed by atoms with E-state index in [2.05, 4.69) is 25.6 Å². The fourth-order valence-electron chi connectivity index (χ4n) is 3.62. The highest BCUT2D eigenvalue weighted by Gasteiger charge is 2.22. The molecule has 8 nitrogen and oxygen atoms in total. The Morgan fingerprint density at radius 3 is 2.32 bits per heavy atom. The quantitative estimate of drug-likeness (QED) is 0.319. The molecule has 34 heavy (non-hydrogen) atoms. The molecule has 0 fully saturated rings. The number of nitrogens with one attached hydrogen (secondary N) is 2. The first kappa shape index (κ1) is 23.6. The zero-order valence-electron chi connectivity index (χ0n) is 19.3. The van der Waals surface area contributed by atoms with Gasteiger partial charge in [0.15, 0.2) is 0 Å². The molecule has 0 radical (unpaired) electrons. The molecule has 9 heteroatoms. The zero-order chi connectivity index (χ0) is 24.0. The number of aromatic nitrogens is 3. The summed E-state index contributed by atoms with van der Waals surface area (Å²) in [6.45, 7) is 4.97. The molecule has 4 rings (SSSR count). The van der Waals surface area contributed by atoms with Gasteiger partial charge in [-0.05, 0) is 55.3 Å². The van der Waals surface area contributed by atoms with Gasteiger partial charge in [0.05, 0.1) is 22.3 Å². The van der Waals surface area contributed by atoms with Gasteiger partial charge >= 0.3 is 0 Å². The normalized spacial score (nSPS) is 11.6. The first-order valence-corrected chi connectivity index (χ1v) is 12.8. The number of pyridine rings is 1. The van der Waals surface area contributed by atoms with Crippen LogP contribution < -0.4 is 10.6 Å². The number of hydrogen-bond donors (Lipinski definition) is 2. The molecule has 2 aromatic heterocycles. The highest BCUT2D eigenvalue weighted by atomic mass is 32.2. The molecule has 0 atom stereocenters. The predicted octanol–water partition coefficient (Wildman–Crippen LogP) is 5.32. The van der Waals surface area contributed by atoms with E-state index in [1.807, 2.05) is 44.2 Å². The molecule has 2 N–H and O–H groups in total. The van der Waals surface area contributed by atoms with Gasteiger partial charge in [-0.1, -0.05) is 32.0 Å². The summed E-state index contributed by atoms with van der Waals surface area (Å²) in [6.07, 6.45) is 4.96. The number of sulfonamides is 1. The van der Waals surface area contributed by atoms with Crippen LogP contribution in [0, 0.1) is 0 Å². The highest BCUT2D eigenvalue weighted by Crippen LogP contribution is 2.22. The minimum absolute atomic E-state index is 0.278. The molecule has 0 saturated carbocycles. The van der Waals surface area contributed by atoms with Gasteiger partial charge in [0.25, 0.3) is 0 Å². The average molecular weight is 477 g/mol. The first-order valence-electron chi connectivity index (χ1n) is 11.3. The summed E-state index contributed by atoms with van der Waals surface area (Å²) < 4.78 is 27.4. The third-order valence-electron chi connectivity index (χ3n) is 5.21. The molecule has 4 aromatic rings. The molecular weight excluding hydrogens is 448 g/mol. The van der Waals surface area contributed by atoms with Gasteiger partial charge in [-0.2, -0.15) is 9.29 Å². The maximum atomic E-state index is 12.9. The topological polar surface area (TPSA) is 100 Å². The Bertz CT molecular complexity index is 1350. The van der Waals surface area contributed by atoms with Crippen molar-refractivity contribution < 1.29 is 8.42 Å². The molecule has 0 bridgehead atoms. The van der Waals surface area contributed by atoms with Crippen molar-refractivity contribution in [2.75, 3.05) is 23.7 Å². The van der Waals surface area contributed by atoms with Crippen LogP contribution in [0.1, 0.15) is 26.7 Å². The summed E-state index contributed by atoms with van der Waals surface area (Å²) in [5.41, 5.74) is 2.44. The van der Waals surface area contributed by atoms with Crippen LogP contribution in [0.25, 0.3) is 10.9 Å². The molecule has 0 amide bonds. The monoisotopic (exact) mass is 476 g/mol. The van der Waals surface area contributed by atoms with Crippen molar-refractivity contribution in [3.8, 4) is 0 Å². The van der Waals surface area contributed by atoms with Crippen LogP contribution in [-0.4, -0.2) is 40.8 Å². The highest BCUT2D eigenvalue weighted by molar-refractivity contribution is 7.89. The van der Waals surface area contributed by atoms with Crippen molar-refractivity contribution in [3.63, 3.8) is 0 Å². The number of anilines is 4. The smallest absolute Gasteiger partial charge is 0.243 e. The molecular formula is C25H28N6O2S. The van der Waals surface area contributed by atoms with E-state index < -0.39 is 10.0 Å². The van der Waals surface area contributed by atoms with E-state index in [1.165, 1.54) is 4.31 Å². The summed E-state index contributed by atoms with van der Waals surface area (Å²) in [4.78, 5) is 13.5. The minimum atomic E-state index is -3.51. The molecule has 0 aliphatic rings. The summed E-state index contributed by atoms with van der Waals surface area (Å²) >= 11 is 0. The fourth-order valence-corrected chi connectivity index (χ4v) is 5.24. The van der Waals surface area contributed by atoms with Crippen molar-refractivity contribution in [2.24, 2.45) is 0 Å². The van der Waals surface area contributed by atoms with Gasteiger partial charge in [0.2, 0.25) is 16.0 Å². The fraction of sp³-hybridized carbons (Fsp3) is 0.240. The van der Waals surface area contributed by atoms with Gasteiger partial charge < -0.3 is 10.6 Å². The van der Waals surface area contributed by atoms with Crippen molar-refractivity contribution in [3.05, 3.63) is 73.1 Å². The van der Waals surface area contributed by atoms with Crippen molar-refractivity contribution >= 4 is 44.1 Å². The Balaban J connectivity index is 1.47. The molecule has 2 heterocycles. The second-order valence-corrected chi connectivity index (χ2v) is 9.80. The molecule has 0 saturated heterocycles. The third kappa shape index (κ3) is 5.49. The van der Waals surface area contributed by atoms with E-state index in [9.17, 15) is 8.42 Å². The van der Waals surface area contributed by atoms with E-state index in [-0.39, 0.29) is 4.90 Å². The third-order valence-corrected chi connectivity index (χ3v) is 7.13. The molecule has 0 aliphatic heterocycles. The lowest BCUT2D eigenvalue weighted by atomic mass is 10.2. The number of fused-ring (bicyclic) bond motifs is 1. The molecule has 0 spiro atoms. The van der Waals surface area contributed by atoms with Crippen LogP contribution in [0.2, 0.25) is 0 Å². The van der Waals surface area contributed by atoms with Gasteiger partial charge in [-0.25, -0.2) is 13.4 Å².